The smallest absolute Gasteiger partial charge is 0.338 e. The van der Waals surface area contributed by atoms with Crippen LogP contribution in [0.2, 0.25) is 0 Å². The molecule has 24 heavy (non-hydrogen) atoms. The molecule has 138 valence electrons. The van der Waals surface area contributed by atoms with Gasteiger partial charge in [-0.3, -0.25) is 4.79 Å². The third-order valence-electron chi connectivity index (χ3n) is 3.99. The Morgan fingerprint density at radius 2 is 2.12 bits per heavy atom. The van der Waals surface area contributed by atoms with Crippen molar-refractivity contribution in [3.8, 4) is 0 Å². The van der Waals surface area contributed by atoms with Crippen molar-refractivity contribution in [1.29, 1.82) is 0 Å². The summed E-state index contributed by atoms with van der Waals surface area (Å²) in [5, 5.41) is 41.8. The van der Waals surface area contributed by atoms with Crippen LogP contribution in [-0.4, -0.2) is 82.1 Å². The van der Waals surface area contributed by atoms with Crippen LogP contribution in [0.4, 0.5) is 0 Å². The number of hydrogen-bond donors (Lipinski definition) is 5. The molecule has 0 spiro atoms. The highest BCUT2D eigenvalue weighted by molar-refractivity contribution is 5.80. The number of aliphatic hydroxyl groups is 4. The number of carbonyl (C=O) groups excluding carboxylic acids is 2. The van der Waals surface area contributed by atoms with E-state index in [0.29, 0.717) is 0 Å². The predicted octanol–water partition coefficient (Wildman–Crippen LogP) is -2.16. The minimum absolute atomic E-state index is 0.0119. The van der Waals surface area contributed by atoms with Crippen LogP contribution in [0.25, 0.3) is 0 Å². The van der Waals surface area contributed by atoms with Crippen molar-refractivity contribution in [3.63, 3.8) is 0 Å². The quantitative estimate of drug-likeness (QED) is 0.259. The molecule has 0 aromatic carbocycles. The lowest BCUT2D eigenvalue weighted by Gasteiger charge is -2.47. The molecule has 9 nitrogen and oxygen atoms in total. The van der Waals surface area contributed by atoms with Crippen LogP contribution in [0.5, 0.6) is 0 Å². The Hall–Kier alpha value is -1.52. The standard InChI is InChI=1S/C15H25NO8/c1-4-5-15(14(22)23-3)6-9(19)11(16-8(2)18)13(24-15)12(21)10(20)7-17/h4,9-13,17,19-21H,1,5-7H2,2-3H3,(H,16,18)/t9-,10-,11-,12-,13?,15-/m1/s1. The van der Waals surface area contributed by atoms with E-state index in [-0.39, 0.29) is 12.8 Å². The molecule has 0 radical (unpaired) electrons. The second-order valence-corrected chi connectivity index (χ2v) is 5.80. The Kier molecular flexibility index (Phi) is 7.30. The van der Waals surface area contributed by atoms with E-state index in [1.165, 1.54) is 13.0 Å². The summed E-state index contributed by atoms with van der Waals surface area (Å²) in [7, 11) is 1.15. The van der Waals surface area contributed by atoms with Gasteiger partial charge in [0.15, 0.2) is 5.60 Å². The van der Waals surface area contributed by atoms with Gasteiger partial charge >= 0.3 is 5.97 Å². The molecule has 6 atom stereocenters. The number of methoxy groups -OCH3 is 1. The first kappa shape index (κ1) is 20.5. The normalized spacial score (nSPS) is 32.5. The molecular weight excluding hydrogens is 322 g/mol. The largest absolute Gasteiger partial charge is 0.467 e. The van der Waals surface area contributed by atoms with Crippen LogP contribution in [0.3, 0.4) is 0 Å². The van der Waals surface area contributed by atoms with Gasteiger partial charge in [0.25, 0.3) is 0 Å². The summed E-state index contributed by atoms with van der Waals surface area (Å²) in [6.45, 7) is 3.98. The molecule has 0 aromatic rings. The first-order valence-electron chi connectivity index (χ1n) is 7.51. The Labute approximate surface area is 139 Å². The summed E-state index contributed by atoms with van der Waals surface area (Å²) < 4.78 is 10.4. The highest BCUT2D eigenvalue weighted by Crippen LogP contribution is 2.35. The zero-order chi connectivity index (χ0) is 18.5. The molecule has 1 amide bonds. The fraction of sp³-hybridized carbons (Fsp3) is 0.733. The maximum absolute atomic E-state index is 12.2. The minimum atomic E-state index is -1.66. The highest BCUT2D eigenvalue weighted by Gasteiger charge is 2.54. The molecule has 1 saturated heterocycles. The molecule has 1 aliphatic heterocycles. The zero-order valence-corrected chi connectivity index (χ0v) is 13.7. The van der Waals surface area contributed by atoms with Crippen LogP contribution < -0.4 is 5.32 Å². The van der Waals surface area contributed by atoms with Gasteiger partial charge in [0.05, 0.1) is 25.9 Å². The number of amides is 1. The summed E-state index contributed by atoms with van der Waals surface area (Å²) in [4.78, 5) is 23.5. The maximum Gasteiger partial charge on any atom is 0.338 e. The van der Waals surface area contributed by atoms with Crippen LogP contribution >= 0.6 is 0 Å². The monoisotopic (exact) mass is 347 g/mol. The number of aliphatic hydroxyl groups excluding tert-OH is 4. The fourth-order valence-corrected chi connectivity index (χ4v) is 2.85. The Balaban J connectivity index is 3.23. The predicted molar refractivity (Wildman–Crippen MR) is 81.8 cm³/mol. The molecule has 0 saturated carbocycles. The van der Waals surface area contributed by atoms with Crippen molar-refractivity contribution in [2.24, 2.45) is 0 Å². The molecular formula is C15H25NO8. The van der Waals surface area contributed by atoms with Gasteiger partial charge in [0, 0.05) is 19.8 Å². The Morgan fingerprint density at radius 1 is 1.50 bits per heavy atom. The molecule has 0 aliphatic carbocycles. The summed E-state index contributed by atoms with van der Waals surface area (Å²) in [5.41, 5.74) is -1.62. The Morgan fingerprint density at radius 3 is 2.58 bits per heavy atom. The molecule has 0 aromatic heterocycles. The maximum atomic E-state index is 12.2. The summed E-state index contributed by atoms with van der Waals surface area (Å²) in [5.74, 6) is -1.27. The van der Waals surface area contributed by atoms with E-state index in [9.17, 15) is 24.9 Å². The van der Waals surface area contributed by atoms with Crippen molar-refractivity contribution in [1.82, 2.24) is 5.32 Å². The summed E-state index contributed by atoms with van der Waals surface area (Å²) in [6.07, 6.45) is -4.66. The molecule has 1 aliphatic rings. The molecule has 1 heterocycles. The zero-order valence-electron chi connectivity index (χ0n) is 13.7. The van der Waals surface area contributed by atoms with Crippen molar-refractivity contribution in [3.05, 3.63) is 12.7 Å². The average molecular weight is 347 g/mol. The molecule has 1 rings (SSSR count). The van der Waals surface area contributed by atoms with Gasteiger partial charge < -0.3 is 35.2 Å². The van der Waals surface area contributed by atoms with E-state index < -0.39 is 54.5 Å². The average Bonchev–Trinajstić information content (AvgIpc) is 2.54. The van der Waals surface area contributed by atoms with E-state index in [2.05, 4.69) is 11.9 Å². The van der Waals surface area contributed by atoms with Gasteiger partial charge in [0.1, 0.15) is 18.3 Å². The number of rotatable bonds is 7. The first-order chi connectivity index (χ1) is 11.2. The van der Waals surface area contributed by atoms with E-state index in [1.807, 2.05) is 0 Å². The third-order valence-corrected chi connectivity index (χ3v) is 3.99. The second kappa shape index (κ2) is 8.54. The molecule has 1 unspecified atom stereocenters. The van der Waals surface area contributed by atoms with Gasteiger partial charge in [-0.1, -0.05) is 6.08 Å². The number of nitrogens with one attached hydrogen (secondary N) is 1. The van der Waals surface area contributed by atoms with E-state index in [4.69, 9.17) is 14.6 Å². The van der Waals surface area contributed by atoms with Gasteiger partial charge in [-0.25, -0.2) is 4.79 Å². The molecule has 5 N–H and O–H groups in total. The third kappa shape index (κ3) is 4.31. The van der Waals surface area contributed by atoms with Gasteiger partial charge in [0.2, 0.25) is 5.91 Å². The highest BCUT2D eigenvalue weighted by atomic mass is 16.6. The van der Waals surface area contributed by atoms with Crippen molar-refractivity contribution in [2.45, 2.75) is 55.8 Å². The Bertz CT molecular complexity index is 470. The summed E-state index contributed by atoms with van der Waals surface area (Å²) in [6, 6.07) is -1.08. The van der Waals surface area contributed by atoms with E-state index in [0.717, 1.165) is 7.11 Å². The van der Waals surface area contributed by atoms with Crippen molar-refractivity contribution in [2.75, 3.05) is 13.7 Å². The number of ether oxygens (including phenoxy) is 2. The molecule has 1 fully saturated rings. The molecule has 9 heteroatoms. The SMILES string of the molecule is C=CC[C@]1(C(=O)OC)C[C@@H](O)[C@@H](NC(C)=O)C([C@H](O)[C@H](O)CO)O1. The van der Waals surface area contributed by atoms with Crippen molar-refractivity contribution >= 4 is 11.9 Å². The van der Waals surface area contributed by atoms with Crippen LogP contribution in [-0.2, 0) is 19.1 Å². The van der Waals surface area contributed by atoms with Crippen LogP contribution in [0.1, 0.15) is 19.8 Å². The lowest BCUT2D eigenvalue weighted by Crippen LogP contribution is -2.67. The van der Waals surface area contributed by atoms with Gasteiger partial charge in [-0.15, -0.1) is 6.58 Å². The molecule has 0 bridgehead atoms. The lowest BCUT2D eigenvalue weighted by atomic mass is 9.82. The van der Waals surface area contributed by atoms with E-state index >= 15 is 0 Å². The fourth-order valence-electron chi connectivity index (χ4n) is 2.85. The van der Waals surface area contributed by atoms with E-state index in [1.54, 1.807) is 0 Å². The van der Waals surface area contributed by atoms with Crippen LogP contribution in [0, 0.1) is 0 Å². The van der Waals surface area contributed by atoms with Gasteiger partial charge in [-0.05, 0) is 0 Å². The minimum Gasteiger partial charge on any atom is -0.467 e. The van der Waals surface area contributed by atoms with Crippen LogP contribution in [0.15, 0.2) is 12.7 Å². The first-order valence-corrected chi connectivity index (χ1v) is 7.51. The topological polar surface area (TPSA) is 146 Å². The van der Waals surface area contributed by atoms with Crippen molar-refractivity contribution < 1.29 is 39.5 Å². The number of esters is 1. The number of carbonyl (C=O) groups is 2. The second-order valence-electron chi connectivity index (χ2n) is 5.80. The summed E-state index contributed by atoms with van der Waals surface area (Å²) >= 11 is 0. The lowest BCUT2D eigenvalue weighted by molar-refractivity contribution is -0.230. The number of hydrogen-bond acceptors (Lipinski definition) is 8. The van der Waals surface area contributed by atoms with Gasteiger partial charge in [-0.2, -0.15) is 0 Å².